The molecule has 1 atom stereocenters. The van der Waals surface area contributed by atoms with Crippen LogP contribution < -0.4 is 4.90 Å². The Hall–Kier alpha value is -1.54. The number of rotatable bonds is 2. The Balaban J connectivity index is 2.12. The maximum Gasteiger partial charge on any atom is 0.419 e. The number of nitrogens with zero attached hydrogens (tertiary/aromatic N) is 2. The van der Waals surface area contributed by atoms with E-state index in [0.29, 0.717) is 5.56 Å². The van der Waals surface area contributed by atoms with Crippen molar-refractivity contribution in [2.75, 3.05) is 10.7 Å². The molecule has 1 unspecified atom stereocenters. The van der Waals surface area contributed by atoms with Crippen molar-refractivity contribution in [2.45, 2.75) is 18.0 Å². The zero-order chi connectivity index (χ0) is 16.0. The minimum Gasteiger partial charge on any atom is -0.283 e. The molecule has 8 heteroatoms. The lowest BCUT2D eigenvalue weighted by molar-refractivity contribution is -0.136. The number of alkyl halides is 3. The molecular formula is C14H11F3N2OS2. The average Bonchev–Trinajstić information content (AvgIpc) is 3.05. The summed E-state index contributed by atoms with van der Waals surface area (Å²) in [5.41, 5.74) is -0.0733. The fourth-order valence-electron chi connectivity index (χ4n) is 2.42. The van der Waals surface area contributed by atoms with Crippen molar-refractivity contribution in [3.8, 4) is 0 Å². The topological polar surface area (TPSA) is 33.2 Å². The van der Waals surface area contributed by atoms with Gasteiger partial charge < -0.3 is 0 Å². The van der Waals surface area contributed by atoms with Gasteiger partial charge in [-0.25, -0.2) is 0 Å². The predicted molar refractivity (Wildman–Crippen MR) is 80.9 cm³/mol. The Morgan fingerprint density at radius 2 is 2.14 bits per heavy atom. The van der Waals surface area contributed by atoms with E-state index in [4.69, 9.17) is 0 Å². The van der Waals surface area contributed by atoms with E-state index in [9.17, 15) is 18.0 Å². The van der Waals surface area contributed by atoms with Crippen LogP contribution >= 0.6 is 23.1 Å². The molecule has 1 aliphatic heterocycles. The number of thioether (sulfide) groups is 1. The van der Waals surface area contributed by atoms with Gasteiger partial charge in [-0.3, -0.25) is 14.7 Å². The third-order valence-electron chi connectivity index (χ3n) is 3.50. The second-order valence-electron chi connectivity index (χ2n) is 4.88. The molecule has 1 amide bonds. The van der Waals surface area contributed by atoms with Crippen molar-refractivity contribution in [3.63, 3.8) is 0 Å². The van der Waals surface area contributed by atoms with Gasteiger partial charge in [0.15, 0.2) is 0 Å². The van der Waals surface area contributed by atoms with Crippen molar-refractivity contribution >= 4 is 34.0 Å². The molecule has 1 aliphatic rings. The minimum atomic E-state index is -4.49. The predicted octanol–water partition coefficient (Wildman–Crippen LogP) is 4.11. The first-order chi connectivity index (χ1) is 10.3. The highest BCUT2D eigenvalue weighted by Crippen LogP contribution is 2.51. The number of thiophene rings is 1. The minimum absolute atomic E-state index is 0.0612. The number of aromatic nitrogens is 1. The quantitative estimate of drug-likeness (QED) is 0.822. The summed E-state index contributed by atoms with van der Waals surface area (Å²) in [5, 5.41) is 1.30. The molecule has 3 rings (SSSR count). The largest absolute Gasteiger partial charge is 0.419 e. The molecule has 0 spiro atoms. The van der Waals surface area contributed by atoms with Crippen LogP contribution in [-0.2, 0) is 15.8 Å². The summed E-state index contributed by atoms with van der Waals surface area (Å²) >= 11 is 2.23. The Kier molecular flexibility index (Phi) is 3.68. The van der Waals surface area contributed by atoms with Gasteiger partial charge in [-0.2, -0.15) is 13.2 Å². The van der Waals surface area contributed by atoms with Gasteiger partial charge in [0.1, 0.15) is 9.87 Å². The molecule has 0 aliphatic carbocycles. The summed E-state index contributed by atoms with van der Waals surface area (Å²) in [6.45, 7) is 1.75. The molecule has 0 N–H and O–H groups in total. The number of hydrogen-bond acceptors (Lipinski definition) is 4. The first-order valence-electron chi connectivity index (χ1n) is 6.36. The summed E-state index contributed by atoms with van der Waals surface area (Å²) in [6, 6.07) is 4.49. The van der Waals surface area contributed by atoms with E-state index in [2.05, 4.69) is 4.98 Å². The number of carbonyl (C=O) groups excluding carboxylic acids is 1. The highest BCUT2D eigenvalue weighted by atomic mass is 32.2. The number of carbonyl (C=O) groups is 1. The summed E-state index contributed by atoms with van der Waals surface area (Å²) in [5.74, 6) is -0.190. The van der Waals surface area contributed by atoms with Crippen LogP contribution in [0.15, 0.2) is 36.0 Å². The van der Waals surface area contributed by atoms with Gasteiger partial charge in [0.2, 0.25) is 5.91 Å². The van der Waals surface area contributed by atoms with Gasteiger partial charge in [-0.05, 0) is 24.4 Å². The van der Waals surface area contributed by atoms with E-state index in [1.165, 1.54) is 22.0 Å². The molecular weight excluding hydrogens is 333 g/mol. The number of hydrogen-bond donors (Lipinski definition) is 0. The number of anilines is 1. The normalized spacial score (nSPS) is 22.4. The second kappa shape index (κ2) is 5.27. The number of pyridine rings is 1. The molecule has 2 aromatic heterocycles. The molecule has 0 bridgehead atoms. The standard InChI is InChI=1S/C14H11F3N2OS2/c1-13(9-3-2-5-18-7-9)19(11(20)8-22-13)12-10(4-6-21-12)14(15,16)17/h2-7H,8H2,1H3. The maximum atomic E-state index is 13.2. The van der Waals surface area contributed by atoms with E-state index >= 15 is 0 Å². The summed E-state index contributed by atoms with van der Waals surface area (Å²) in [7, 11) is 0. The second-order valence-corrected chi connectivity index (χ2v) is 7.15. The Morgan fingerprint density at radius 3 is 2.77 bits per heavy atom. The van der Waals surface area contributed by atoms with Crippen molar-refractivity contribution in [1.82, 2.24) is 4.98 Å². The first kappa shape index (κ1) is 15.4. The third-order valence-corrected chi connectivity index (χ3v) is 5.77. The van der Waals surface area contributed by atoms with E-state index in [0.717, 1.165) is 17.4 Å². The first-order valence-corrected chi connectivity index (χ1v) is 8.23. The van der Waals surface area contributed by atoms with Crippen LogP contribution in [0.5, 0.6) is 0 Å². The van der Waals surface area contributed by atoms with Gasteiger partial charge >= 0.3 is 6.18 Å². The summed E-state index contributed by atoms with van der Waals surface area (Å²) in [4.78, 5) is 16.6. The molecule has 1 saturated heterocycles. The van der Waals surface area contributed by atoms with Crippen LogP contribution in [0.2, 0.25) is 0 Å². The van der Waals surface area contributed by atoms with Gasteiger partial charge in [0, 0.05) is 18.0 Å². The zero-order valence-electron chi connectivity index (χ0n) is 11.4. The van der Waals surface area contributed by atoms with E-state index in [1.807, 2.05) is 0 Å². The summed E-state index contributed by atoms with van der Waals surface area (Å²) < 4.78 is 39.5. The molecule has 0 saturated carbocycles. The van der Waals surface area contributed by atoms with Gasteiger partial charge in [-0.15, -0.1) is 23.1 Å². The molecule has 3 heterocycles. The van der Waals surface area contributed by atoms with Crippen LogP contribution in [-0.4, -0.2) is 16.6 Å². The molecule has 0 aromatic carbocycles. The van der Waals surface area contributed by atoms with Gasteiger partial charge in [0.05, 0.1) is 11.3 Å². The van der Waals surface area contributed by atoms with Crippen molar-refractivity contribution < 1.29 is 18.0 Å². The van der Waals surface area contributed by atoms with Crippen LogP contribution in [0.1, 0.15) is 18.1 Å². The Labute approximate surface area is 133 Å². The third kappa shape index (κ3) is 2.40. The maximum absolute atomic E-state index is 13.2. The van der Waals surface area contributed by atoms with E-state index in [1.54, 1.807) is 31.5 Å². The number of amides is 1. The van der Waals surface area contributed by atoms with Crippen molar-refractivity contribution in [3.05, 3.63) is 47.1 Å². The van der Waals surface area contributed by atoms with Gasteiger partial charge in [0.25, 0.3) is 0 Å². The molecule has 0 radical (unpaired) electrons. The zero-order valence-corrected chi connectivity index (χ0v) is 13.1. The van der Waals surface area contributed by atoms with E-state index < -0.39 is 16.6 Å². The smallest absolute Gasteiger partial charge is 0.283 e. The SMILES string of the molecule is CC1(c2cccnc2)SCC(=O)N1c1sccc1C(F)(F)F. The molecule has 22 heavy (non-hydrogen) atoms. The lowest BCUT2D eigenvalue weighted by Gasteiger charge is -2.34. The van der Waals surface area contributed by atoms with Crippen LogP contribution in [0.4, 0.5) is 18.2 Å². The monoisotopic (exact) mass is 344 g/mol. The van der Waals surface area contributed by atoms with E-state index in [-0.39, 0.29) is 16.7 Å². The van der Waals surface area contributed by atoms with Crippen LogP contribution in [0.3, 0.4) is 0 Å². The van der Waals surface area contributed by atoms with Crippen molar-refractivity contribution in [2.24, 2.45) is 0 Å². The highest BCUT2D eigenvalue weighted by molar-refractivity contribution is 8.01. The Morgan fingerprint density at radius 1 is 1.36 bits per heavy atom. The lowest BCUT2D eigenvalue weighted by atomic mass is 10.1. The Bertz CT molecular complexity index is 702. The molecule has 116 valence electrons. The van der Waals surface area contributed by atoms with Crippen LogP contribution in [0.25, 0.3) is 0 Å². The highest BCUT2D eigenvalue weighted by Gasteiger charge is 2.48. The fraction of sp³-hybridized carbons (Fsp3) is 0.286. The lowest BCUT2D eigenvalue weighted by Crippen LogP contribution is -2.40. The molecule has 2 aromatic rings. The summed E-state index contributed by atoms with van der Waals surface area (Å²) in [6.07, 6.45) is -1.32. The van der Waals surface area contributed by atoms with Gasteiger partial charge in [-0.1, -0.05) is 6.07 Å². The van der Waals surface area contributed by atoms with Crippen LogP contribution in [0, 0.1) is 0 Å². The average molecular weight is 344 g/mol. The number of halogens is 3. The fourth-order valence-corrected chi connectivity index (χ4v) is 4.65. The van der Waals surface area contributed by atoms with Crippen molar-refractivity contribution in [1.29, 1.82) is 0 Å². The molecule has 1 fully saturated rings. The molecule has 3 nitrogen and oxygen atoms in total.